The molecular formula is C22H37ClN2O3S. The highest BCUT2D eigenvalue weighted by Gasteiger charge is 2.14. The first-order valence-electron chi connectivity index (χ1n) is 10.9. The lowest BCUT2D eigenvalue weighted by Crippen LogP contribution is -2.41. The number of carbonyl (C=O) groups is 1. The second-order valence-electron chi connectivity index (χ2n) is 7.52. The van der Waals surface area contributed by atoms with Crippen LogP contribution < -0.4 is 10.3 Å². The first-order chi connectivity index (χ1) is 14.0. The second-order valence-corrected chi connectivity index (χ2v) is 9.58. The maximum Gasteiger partial charge on any atom is 0.257 e. The van der Waals surface area contributed by atoms with E-state index in [1.165, 1.54) is 63.5 Å². The van der Waals surface area contributed by atoms with Crippen LogP contribution in [0, 0.1) is 0 Å². The third-order valence-electron chi connectivity index (χ3n) is 4.95. The molecule has 0 saturated carbocycles. The Morgan fingerprint density at radius 2 is 1.38 bits per heavy atom. The monoisotopic (exact) mass is 444 g/mol. The fourth-order valence-electron chi connectivity index (χ4n) is 3.14. The molecule has 0 saturated heterocycles. The summed E-state index contributed by atoms with van der Waals surface area (Å²) < 4.78 is 24.4. The van der Waals surface area contributed by atoms with E-state index in [1.807, 2.05) is 0 Å². The Hall–Kier alpha value is -1.11. The molecule has 1 rings (SSSR count). The van der Waals surface area contributed by atoms with Crippen LogP contribution in [-0.2, 0) is 21.2 Å². The smallest absolute Gasteiger partial charge is 0.257 e. The highest BCUT2D eigenvalue weighted by Crippen LogP contribution is 2.13. The number of hydrazine groups is 1. The normalized spacial score (nSPS) is 11.5. The maximum atomic E-state index is 12.2. The maximum absolute atomic E-state index is 12.2. The van der Waals surface area contributed by atoms with Gasteiger partial charge in [0.25, 0.3) is 10.0 Å². The number of halogens is 1. The quantitative estimate of drug-likeness (QED) is 0.190. The van der Waals surface area contributed by atoms with E-state index in [4.69, 9.17) is 11.6 Å². The number of aryl methyl sites for hydroxylation is 1. The van der Waals surface area contributed by atoms with Gasteiger partial charge >= 0.3 is 0 Å². The van der Waals surface area contributed by atoms with Crippen LogP contribution in [0.3, 0.4) is 0 Å². The number of rotatable bonds is 17. The molecule has 0 fully saturated rings. The summed E-state index contributed by atoms with van der Waals surface area (Å²) in [4.78, 5) is 14.1. The molecule has 0 atom stereocenters. The Bertz CT molecular complexity index is 663. The Morgan fingerprint density at radius 3 is 1.90 bits per heavy atom. The zero-order chi connectivity index (χ0) is 21.4. The van der Waals surface area contributed by atoms with Crippen molar-refractivity contribution >= 4 is 27.5 Å². The van der Waals surface area contributed by atoms with Crippen LogP contribution in [0.1, 0.15) is 89.5 Å². The number of hydrogen-bond donors (Lipinski definition) is 2. The van der Waals surface area contributed by atoms with Gasteiger partial charge in [-0.05, 0) is 30.5 Å². The molecule has 2 N–H and O–H groups in total. The van der Waals surface area contributed by atoms with Gasteiger partial charge in [0.15, 0.2) is 0 Å². The van der Waals surface area contributed by atoms with Gasteiger partial charge in [0.05, 0.1) is 4.90 Å². The number of nitrogens with one attached hydrogen (secondary N) is 2. The van der Waals surface area contributed by atoms with Gasteiger partial charge in [0, 0.05) is 12.3 Å². The third-order valence-corrected chi connectivity index (χ3v) is 6.40. The van der Waals surface area contributed by atoms with E-state index in [-0.39, 0.29) is 10.8 Å². The summed E-state index contributed by atoms with van der Waals surface area (Å²) in [6.07, 6.45) is 14.4. The standard InChI is InChI=1S/C22H37ClN2O3S/c1-2-3-4-5-6-7-8-9-10-11-12-13-22(26)24-25-29(27,28)21-16-14-20(15-17-21)18-19-23/h14-17,25H,2-13,18-19H2,1H3,(H,24,26). The average Bonchev–Trinajstić information content (AvgIpc) is 2.71. The first-order valence-corrected chi connectivity index (χ1v) is 13.0. The molecule has 0 bridgehead atoms. The van der Waals surface area contributed by atoms with Crippen molar-refractivity contribution in [2.24, 2.45) is 0 Å². The minimum absolute atomic E-state index is 0.116. The molecule has 0 aliphatic carbocycles. The molecule has 0 unspecified atom stereocenters. The van der Waals surface area contributed by atoms with Gasteiger partial charge in [-0.15, -0.1) is 16.4 Å². The molecule has 29 heavy (non-hydrogen) atoms. The largest absolute Gasteiger partial charge is 0.278 e. The van der Waals surface area contributed by atoms with E-state index < -0.39 is 10.0 Å². The fourth-order valence-corrected chi connectivity index (χ4v) is 4.22. The van der Waals surface area contributed by atoms with Gasteiger partial charge in [-0.25, -0.2) is 8.42 Å². The van der Waals surface area contributed by atoms with Gasteiger partial charge in [0.1, 0.15) is 0 Å². The number of alkyl halides is 1. The predicted octanol–water partition coefficient (Wildman–Crippen LogP) is 5.48. The number of amides is 1. The predicted molar refractivity (Wildman–Crippen MR) is 120 cm³/mol. The van der Waals surface area contributed by atoms with E-state index in [0.717, 1.165) is 24.8 Å². The Morgan fingerprint density at radius 1 is 0.862 bits per heavy atom. The van der Waals surface area contributed by atoms with E-state index in [9.17, 15) is 13.2 Å². The van der Waals surface area contributed by atoms with Crippen molar-refractivity contribution in [2.75, 3.05) is 5.88 Å². The Labute approximate surface area is 182 Å². The molecule has 0 aliphatic heterocycles. The van der Waals surface area contributed by atoms with E-state index in [0.29, 0.717) is 18.7 Å². The molecule has 0 spiro atoms. The zero-order valence-electron chi connectivity index (χ0n) is 17.7. The van der Waals surface area contributed by atoms with E-state index in [2.05, 4.69) is 17.2 Å². The lowest BCUT2D eigenvalue weighted by molar-refractivity contribution is -0.121. The highest BCUT2D eigenvalue weighted by molar-refractivity contribution is 7.89. The van der Waals surface area contributed by atoms with Crippen LogP contribution in [0.4, 0.5) is 0 Å². The molecule has 0 heterocycles. The van der Waals surface area contributed by atoms with Crippen molar-refractivity contribution < 1.29 is 13.2 Å². The molecular weight excluding hydrogens is 408 g/mol. The minimum atomic E-state index is -3.76. The number of hydrogen-bond acceptors (Lipinski definition) is 3. The molecule has 1 aromatic carbocycles. The molecule has 5 nitrogen and oxygen atoms in total. The zero-order valence-corrected chi connectivity index (χ0v) is 19.3. The molecule has 0 aromatic heterocycles. The number of carbonyl (C=O) groups excluding carboxylic acids is 1. The van der Waals surface area contributed by atoms with Crippen molar-refractivity contribution in [2.45, 2.75) is 95.3 Å². The average molecular weight is 445 g/mol. The second kappa shape index (κ2) is 15.7. The van der Waals surface area contributed by atoms with Crippen LogP contribution in [0.15, 0.2) is 29.2 Å². The number of sulfonamides is 1. The molecule has 166 valence electrons. The number of unbranched alkanes of at least 4 members (excludes halogenated alkanes) is 10. The molecule has 7 heteroatoms. The van der Waals surface area contributed by atoms with Crippen molar-refractivity contribution in [3.8, 4) is 0 Å². The minimum Gasteiger partial charge on any atom is -0.278 e. The van der Waals surface area contributed by atoms with E-state index >= 15 is 0 Å². The molecule has 0 aliphatic rings. The summed E-state index contributed by atoms with van der Waals surface area (Å²) in [6.45, 7) is 2.23. The van der Waals surface area contributed by atoms with Crippen LogP contribution in [0.2, 0.25) is 0 Å². The Kier molecular flexibility index (Phi) is 14.0. The third kappa shape index (κ3) is 12.2. The van der Waals surface area contributed by atoms with Crippen LogP contribution >= 0.6 is 11.6 Å². The summed E-state index contributed by atoms with van der Waals surface area (Å²) >= 11 is 5.68. The van der Waals surface area contributed by atoms with Gasteiger partial charge in [-0.1, -0.05) is 83.3 Å². The lowest BCUT2D eigenvalue weighted by Gasteiger charge is -2.09. The van der Waals surface area contributed by atoms with Crippen LogP contribution in [0.5, 0.6) is 0 Å². The summed E-state index contributed by atoms with van der Waals surface area (Å²) in [5.41, 5.74) is 3.27. The molecule has 0 radical (unpaired) electrons. The SMILES string of the molecule is CCCCCCCCCCCCCC(=O)NNS(=O)(=O)c1ccc(CCCl)cc1. The lowest BCUT2D eigenvalue weighted by atomic mass is 10.1. The first kappa shape index (κ1) is 25.9. The van der Waals surface area contributed by atoms with Crippen molar-refractivity contribution in [3.63, 3.8) is 0 Å². The van der Waals surface area contributed by atoms with Crippen LogP contribution in [-0.4, -0.2) is 20.2 Å². The molecule has 1 aromatic rings. The van der Waals surface area contributed by atoms with Crippen molar-refractivity contribution in [1.29, 1.82) is 0 Å². The van der Waals surface area contributed by atoms with E-state index in [1.54, 1.807) is 12.1 Å². The van der Waals surface area contributed by atoms with Gasteiger partial charge in [-0.2, -0.15) is 0 Å². The Balaban J connectivity index is 2.11. The summed E-state index contributed by atoms with van der Waals surface area (Å²) in [5.74, 6) is 0.183. The highest BCUT2D eigenvalue weighted by atomic mass is 35.5. The van der Waals surface area contributed by atoms with Gasteiger partial charge < -0.3 is 0 Å². The summed E-state index contributed by atoms with van der Waals surface area (Å²) in [7, 11) is -3.76. The molecule has 1 amide bonds. The van der Waals surface area contributed by atoms with Crippen molar-refractivity contribution in [1.82, 2.24) is 10.3 Å². The summed E-state index contributed by atoms with van der Waals surface area (Å²) in [6, 6.07) is 6.48. The number of benzene rings is 1. The topological polar surface area (TPSA) is 75.3 Å². The van der Waals surface area contributed by atoms with Crippen LogP contribution in [0.25, 0.3) is 0 Å². The fraction of sp³-hybridized carbons (Fsp3) is 0.682. The summed E-state index contributed by atoms with van der Waals surface area (Å²) in [5, 5.41) is 0. The van der Waals surface area contributed by atoms with Crippen molar-refractivity contribution in [3.05, 3.63) is 29.8 Å². The van der Waals surface area contributed by atoms with Gasteiger partial charge in [0.2, 0.25) is 5.91 Å². The van der Waals surface area contributed by atoms with Gasteiger partial charge in [-0.3, -0.25) is 10.2 Å².